The fourth-order valence-corrected chi connectivity index (χ4v) is 3.75. The van der Waals surface area contributed by atoms with Gasteiger partial charge in [0.05, 0.1) is 10.6 Å². The highest BCUT2D eigenvalue weighted by molar-refractivity contribution is 7.17. The van der Waals surface area contributed by atoms with E-state index in [1.165, 1.54) is 16.2 Å². The summed E-state index contributed by atoms with van der Waals surface area (Å²) in [6.45, 7) is 2.35. The molecule has 1 aromatic heterocycles. The quantitative estimate of drug-likeness (QED) is 0.563. The maximum absolute atomic E-state index is 12.9. The first-order valence-electron chi connectivity index (χ1n) is 8.06. The maximum Gasteiger partial charge on any atom is 0.437 e. The van der Waals surface area contributed by atoms with Crippen molar-refractivity contribution in [3.8, 4) is 0 Å². The normalized spacial score (nSPS) is 19.4. The van der Waals surface area contributed by atoms with Gasteiger partial charge >= 0.3 is 18.2 Å². The van der Waals surface area contributed by atoms with Crippen molar-refractivity contribution in [3.63, 3.8) is 0 Å². The van der Waals surface area contributed by atoms with Crippen LogP contribution in [0.2, 0.25) is 0 Å². The van der Waals surface area contributed by atoms with Gasteiger partial charge in [0.2, 0.25) is 0 Å². The lowest BCUT2D eigenvalue weighted by Gasteiger charge is -2.36. The molecule has 7 nitrogen and oxygen atoms in total. The number of thiophene rings is 1. The van der Waals surface area contributed by atoms with Crippen LogP contribution in [0.3, 0.4) is 0 Å². The second-order valence-electron chi connectivity index (χ2n) is 6.20. The number of amides is 2. The van der Waals surface area contributed by atoms with E-state index >= 15 is 0 Å². The zero-order chi connectivity index (χ0) is 19.8. The van der Waals surface area contributed by atoms with Crippen LogP contribution >= 0.6 is 11.3 Å². The maximum atomic E-state index is 12.9. The average molecular weight is 402 g/mol. The summed E-state index contributed by atoms with van der Waals surface area (Å²) >= 11 is 1.26. The molecule has 146 valence electrons. The first-order chi connectivity index (χ1) is 12.7. The van der Waals surface area contributed by atoms with Gasteiger partial charge in [-0.15, -0.1) is 11.3 Å². The summed E-state index contributed by atoms with van der Waals surface area (Å²) in [5.74, 6) is -1.12. The minimum atomic E-state index is -4.76. The number of alkyl halides is 3. The van der Waals surface area contributed by atoms with Crippen molar-refractivity contribution in [1.82, 2.24) is 9.80 Å². The molecule has 11 heteroatoms. The standard InChI is InChI=1S/C16H17F3N4O3S/c1-21(2)15(25)23-7-5-22(6-8-23)12-4-3-10(27-12)9-11-13(16(17,18)19)20-26-14(11)24/h3-4,9H,5-8H2,1-2H3/b11-9-. The van der Waals surface area contributed by atoms with Crippen molar-refractivity contribution >= 4 is 40.1 Å². The number of hydrogen-bond acceptors (Lipinski definition) is 6. The van der Waals surface area contributed by atoms with E-state index in [1.54, 1.807) is 31.1 Å². The topological polar surface area (TPSA) is 65.5 Å². The molecule has 1 saturated heterocycles. The number of anilines is 1. The molecule has 0 N–H and O–H groups in total. The number of carbonyl (C=O) groups excluding carboxylic acids is 2. The van der Waals surface area contributed by atoms with Crippen LogP contribution in [0, 0.1) is 0 Å². The third kappa shape index (κ3) is 4.07. The summed E-state index contributed by atoms with van der Waals surface area (Å²) in [5.41, 5.74) is -1.92. The molecule has 1 fully saturated rings. The SMILES string of the molecule is CN(C)C(=O)N1CCN(c2ccc(/C=C3\C(=O)ON=C3C(F)(F)F)s2)CC1. The molecule has 0 bridgehead atoms. The van der Waals surface area contributed by atoms with Crippen LogP contribution in [0.5, 0.6) is 0 Å². The van der Waals surface area contributed by atoms with Gasteiger partial charge in [-0.3, -0.25) is 0 Å². The van der Waals surface area contributed by atoms with E-state index < -0.39 is 23.4 Å². The van der Waals surface area contributed by atoms with Crippen molar-refractivity contribution in [3.05, 3.63) is 22.6 Å². The zero-order valence-electron chi connectivity index (χ0n) is 14.6. The predicted octanol–water partition coefficient (Wildman–Crippen LogP) is 2.41. The summed E-state index contributed by atoms with van der Waals surface area (Å²) in [4.78, 5) is 33.5. The Morgan fingerprint density at radius 1 is 1.26 bits per heavy atom. The number of carbonyl (C=O) groups is 2. The Morgan fingerprint density at radius 2 is 1.93 bits per heavy atom. The van der Waals surface area contributed by atoms with Gasteiger partial charge in [0, 0.05) is 45.2 Å². The van der Waals surface area contributed by atoms with Crippen molar-refractivity contribution < 1.29 is 27.6 Å². The summed E-state index contributed by atoms with van der Waals surface area (Å²) in [6.07, 6.45) is -3.62. The fraction of sp³-hybridized carbons (Fsp3) is 0.438. The average Bonchev–Trinajstić information content (AvgIpc) is 3.22. The molecule has 27 heavy (non-hydrogen) atoms. The Balaban J connectivity index is 1.70. The Morgan fingerprint density at radius 3 is 2.52 bits per heavy atom. The monoisotopic (exact) mass is 402 g/mol. The number of hydrogen-bond donors (Lipinski definition) is 0. The Labute approximate surface area is 157 Å². The van der Waals surface area contributed by atoms with Crippen LogP contribution in [-0.2, 0) is 9.63 Å². The van der Waals surface area contributed by atoms with Crippen LogP contribution in [0.15, 0.2) is 22.9 Å². The molecular weight excluding hydrogens is 385 g/mol. The lowest BCUT2D eigenvalue weighted by Crippen LogP contribution is -2.51. The first-order valence-corrected chi connectivity index (χ1v) is 8.88. The Hall–Kier alpha value is -2.56. The van der Waals surface area contributed by atoms with Crippen LogP contribution in [0.25, 0.3) is 6.08 Å². The minimum absolute atomic E-state index is 0.0510. The molecule has 3 rings (SSSR count). The molecule has 0 radical (unpaired) electrons. The summed E-state index contributed by atoms with van der Waals surface area (Å²) in [7, 11) is 3.39. The number of halogens is 3. The molecule has 0 atom stereocenters. The van der Waals surface area contributed by atoms with Crippen molar-refractivity contribution in [2.45, 2.75) is 6.18 Å². The second-order valence-corrected chi connectivity index (χ2v) is 7.30. The largest absolute Gasteiger partial charge is 0.437 e. The summed E-state index contributed by atoms with van der Waals surface area (Å²) < 4.78 is 38.7. The molecule has 0 unspecified atom stereocenters. The first kappa shape index (κ1) is 19.2. The summed E-state index contributed by atoms with van der Waals surface area (Å²) in [6, 6.07) is 3.37. The van der Waals surface area contributed by atoms with Gasteiger partial charge in [-0.1, -0.05) is 5.16 Å². The van der Waals surface area contributed by atoms with Crippen LogP contribution in [0.4, 0.5) is 23.0 Å². The molecule has 2 amide bonds. The van der Waals surface area contributed by atoms with E-state index in [9.17, 15) is 22.8 Å². The van der Waals surface area contributed by atoms with E-state index in [4.69, 9.17) is 0 Å². The smallest absolute Gasteiger partial charge is 0.360 e. The van der Waals surface area contributed by atoms with Crippen molar-refractivity contribution in [1.29, 1.82) is 0 Å². The molecule has 2 aliphatic heterocycles. The number of urea groups is 1. The fourth-order valence-electron chi connectivity index (χ4n) is 2.75. The van der Waals surface area contributed by atoms with Gasteiger partial charge in [-0.05, 0) is 18.2 Å². The van der Waals surface area contributed by atoms with E-state index in [0.717, 1.165) is 11.1 Å². The number of oxime groups is 1. The van der Waals surface area contributed by atoms with Crippen LogP contribution in [0.1, 0.15) is 4.88 Å². The highest BCUT2D eigenvalue weighted by Crippen LogP contribution is 2.32. The Kier molecular flexibility index (Phi) is 5.13. The number of piperazine rings is 1. The zero-order valence-corrected chi connectivity index (χ0v) is 15.4. The lowest BCUT2D eigenvalue weighted by atomic mass is 10.1. The third-order valence-electron chi connectivity index (χ3n) is 4.11. The number of nitrogens with zero attached hydrogens (tertiary/aromatic N) is 4. The molecule has 3 heterocycles. The van der Waals surface area contributed by atoms with E-state index in [1.807, 2.05) is 0 Å². The van der Waals surface area contributed by atoms with Crippen molar-refractivity contribution in [2.24, 2.45) is 5.16 Å². The molecule has 0 aromatic carbocycles. The molecule has 0 aliphatic carbocycles. The van der Waals surface area contributed by atoms with Crippen molar-refractivity contribution in [2.75, 3.05) is 45.2 Å². The van der Waals surface area contributed by atoms with E-state index in [2.05, 4.69) is 14.9 Å². The highest BCUT2D eigenvalue weighted by atomic mass is 32.1. The van der Waals surface area contributed by atoms with E-state index in [-0.39, 0.29) is 6.03 Å². The Bertz CT molecular complexity index is 808. The van der Waals surface area contributed by atoms with E-state index in [0.29, 0.717) is 31.1 Å². The van der Waals surface area contributed by atoms with Crippen LogP contribution in [-0.4, -0.2) is 74.0 Å². The predicted molar refractivity (Wildman–Crippen MR) is 94.7 cm³/mol. The minimum Gasteiger partial charge on any atom is -0.360 e. The lowest BCUT2D eigenvalue weighted by molar-refractivity contribution is -0.136. The molecular formula is C16H17F3N4O3S. The third-order valence-corrected chi connectivity index (χ3v) is 5.20. The molecule has 1 aromatic rings. The van der Waals surface area contributed by atoms with Gasteiger partial charge < -0.3 is 19.5 Å². The molecule has 0 spiro atoms. The van der Waals surface area contributed by atoms with Gasteiger partial charge in [-0.2, -0.15) is 13.2 Å². The molecule has 2 aliphatic rings. The highest BCUT2D eigenvalue weighted by Gasteiger charge is 2.45. The second kappa shape index (κ2) is 7.22. The summed E-state index contributed by atoms with van der Waals surface area (Å²) in [5, 5.41) is 3.68. The molecule has 0 saturated carbocycles. The van der Waals surface area contributed by atoms with Crippen LogP contribution < -0.4 is 4.90 Å². The number of rotatable bonds is 2. The van der Waals surface area contributed by atoms with Gasteiger partial charge in [0.15, 0.2) is 5.71 Å². The van der Waals surface area contributed by atoms with Gasteiger partial charge in [-0.25, -0.2) is 9.59 Å². The van der Waals surface area contributed by atoms with Gasteiger partial charge in [0.25, 0.3) is 0 Å². The van der Waals surface area contributed by atoms with Gasteiger partial charge in [0.1, 0.15) is 0 Å².